The third-order valence-electron chi connectivity index (χ3n) is 1.17. The number of carboxylic acids is 1. The summed E-state index contributed by atoms with van der Waals surface area (Å²) in [4.78, 5) is 20.3. The molecule has 4 heteroatoms. The summed E-state index contributed by atoms with van der Waals surface area (Å²) in [6, 6.07) is 0. The van der Waals surface area contributed by atoms with E-state index in [9.17, 15) is 9.59 Å². The second-order valence-corrected chi connectivity index (χ2v) is 1.90. The highest BCUT2D eigenvalue weighted by Gasteiger charge is 2.06. The van der Waals surface area contributed by atoms with Crippen LogP contribution in [0.5, 0.6) is 0 Å². The van der Waals surface area contributed by atoms with Gasteiger partial charge in [-0.3, -0.25) is 0 Å². The summed E-state index contributed by atoms with van der Waals surface area (Å²) in [5, 5.41) is 10.9. The smallest absolute Gasteiger partial charge is 0.337 e. The third kappa shape index (κ3) is 1.56. The lowest BCUT2D eigenvalue weighted by Gasteiger charge is -2.03. The topological polar surface area (TPSA) is 66.4 Å². The van der Waals surface area contributed by atoms with Crippen LogP contribution in [0.1, 0.15) is 0 Å². The van der Waals surface area contributed by atoms with Gasteiger partial charge in [-0.15, -0.1) is 0 Å². The Kier molecular flexibility index (Phi) is 1.90. The number of hydrogen-bond acceptors (Lipinski definition) is 3. The van der Waals surface area contributed by atoms with E-state index in [0.717, 1.165) is 0 Å². The van der Waals surface area contributed by atoms with Crippen molar-refractivity contribution in [2.45, 2.75) is 0 Å². The Morgan fingerprint density at radius 1 is 1.55 bits per heavy atom. The molecule has 1 aliphatic heterocycles. The summed E-state index contributed by atoms with van der Waals surface area (Å²) >= 11 is 0. The van der Waals surface area contributed by atoms with E-state index in [4.69, 9.17) is 5.11 Å². The largest absolute Gasteiger partial charge is 0.478 e. The van der Waals surface area contributed by atoms with Gasteiger partial charge in [0.1, 0.15) is 5.70 Å². The van der Waals surface area contributed by atoms with Gasteiger partial charge < -0.3 is 10.4 Å². The highest BCUT2D eigenvalue weighted by Crippen LogP contribution is 2.03. The van der Waals surface area contributed by atoms with Crippen LogP contribution in [0.15, 0.2) is 29.6 Å². The third-order valence-corrected chi connectivity index (χ3v) is 1.17. The minimum atomic E-state index is -1.03. The maximum absolute atomic E-state index is 10.3. The average molecular weight is 151 g/mol. The van der Waals surface area contributed by atoms with Crippen molar-refractivity contribution in [2.75, 3.05) is 0 Å². The van der Waals surface area contributed by atoms with Gasteiger partial charge in [0.2, 0.25) is 0 Å². The summed E-state index contributed by atoms with van der Waals surface area (Å²) in [7, 11) is 0. The molecule has 0 atom stereocenters. The zero-order valence-corrected chi connectivity index (χ0v) is 5.50. The fourth-order valence-electron chi connectivity index (χ4n) is 0.621. The van der Waals surface area contributed by atoms with Gasteiger partial charge in [-0.25, -0.2) is 9.59 Å². The minimum absolute atomic E-state index is 0.115. The molecule has 56 valence electrons. The van der Waals surface area contributed by atoms with E-state index in [2.05, 4.69) is 5.32 Å². The predicted molar refractivity (Wildman–Crippen MR) is 37.2 cm³/mol. The first-order valence-corrected chi connectivity index (χ1v) is 2.87. The van der Waals surface area contributed by atoms with Gasteiger partial charge in [-0.1, -0.05) is 0 Å². The second kappa shape index (κ2) is 2.86. The minimum Gasteiger partial charge on any atom is -0.478 e. The molecule has 0 bridgehead atoms. The molecule has 0 saturated carbocycles. The first-order chi connectivity index (χ1) is 5.24. The first-order valence-electron chi connectivity index (χ1n) is 2.87. The van der Waals surface area contributed by atoms with Crippen LogP contribution in [0.2, 0.25) is 0 Å². The Balaban J connectivity index is 2.83. The van der Waals surface area contributed by atoms with Crippen molar-refractivity contribution in [1.29, 1.82) is 0 Å². The van der Waals surface area contributed by atoms with Crippen molar-refractivity contribution in [3.05, 3.63) is 29.6 Å². The van der Waals surface area contributed by atoms with Crippen LogP contribution < -0.4 is 5.32 Å². The number of carbonyl (C=O) groups excluding carboxylic acids is 1. The van der Waals surface area contributed by atoms with E-state index in [0.29, 0.717) is 0 Å². The number of hydrogen-bond donors (Lipinski definition) is 2. The van der Waals surface area contributed by atoms with E-state index in [1.807, 2.05) is 0 Å². The van der Waals surface area contributed by atoms with Gasteiger partial charge in [-0.2, -0.15) is 0 Å². The molecule has 4 nitrogen and oxygen atoms in total. The van der Waals surface area contributed by atoms with E-state index in [-0.39, 0.29) is 11.3 Å². The van der Waals surface area contributed by atoms with Crippen molar-refractivity contribution in [1.82, 2.24) is 5.32 Å². The molecule has 1 rings (SSSR count). The lowest BCUT2D eigenvalue weighted by molar-refractivity contribution is -0.132. The first kappa shape index (κ1) is 7.31. The second-order valence-electron chi connectivity index (χ2n) is 1.90. The van der Waals surface area contributed by atoms with Crippen LogP contribution in [0.3, 0.4) is 0 Å². The van der Waals surface area contributed by atoms with Crippen LogP contribution in [0.25, 0.3) is 0 Å². The van der Waals surface area contributed by atoms with Gasteiger partial charge in [-0.05, 0) is 12.2 Å². The average Bonchev–Trinajstić information content (AvgIpc) is 2.05. The lowest BCUT2D eigenvalue weighted by Crippen LogP contribution is -2.12. The maximum Gasteiger partial charge on any atom is 0.337 e. The van der Waals surface area contributed by atoms with Crippen LogP contribution in [-0.4, -0.2) is 17.0 Å². The van der Waals surface area contributed by atoms with E-state index in [1.54, 1.807) is 5.94 Å². The summed E-state index contributed by atoms with van der Waals surface area (Å²) in [6.07, 6.45) is 3.93. The Morgan fingerprint density at radius 3 is 2.64 bits per heavy atom. The summed E-state index contributed by atoms with van der Waals surface area (Å²) < 4.78 is 0. The predicted octanol–water partition coefficient (Wildman–Crippen LogP) is -0.170. The fourth-order valence-corrected chi connectivity index (χ4v) is 0.621. The molecule has 0 amide bonds. The SMILES string of the molecule is O=C=C1C=CC(C(=O)O)=CN1. The number of allylic oxidation sites excluding steroid dienone is 1. The quantitative estimate of drug-likeness (QED) is 0.510. The van der Waals surface area contributed by atoms with E-state index < -0.39 is 5.97 Å². The molecule has 11 heavy (non-hydrogen) atoms. The summed E-state index contributed by atoms with van der Waals surface area (Å²) in [5.74, 6) is 0.566. The van der Waals surface area contributed by atoms with Crippen molar-refractivity contribution in [2.24, 2.45) is 0 Å². The molecule has 0 unspecified atom stereocenters. The van der Waals surface area contributed by atoms with Gasteiger partial charge in [0, 0.05) is 6.20 Å². The number of nitrogens with one attached hydrogen (secondary N) is 1. The zero-order valence-electron chi connectivity index (χ0n) is 5.50. The Hall–Kier alpha value is -1.80. The molecule has 1 heterocycles. The number of dihydropyridines is 1. The van der Waals surface area contributed by atoms with Crippen molar-refractivity contribution >= 4 is 11.9 Å². The molecule has 0 aromatic carbocycles. The van der Waals surface area contributed by atoms with E-state index in [1.165, 1.54) is 18.4 Å². The number of carbonyl (C=O) groups is 1. The van der Waals surface area contributed by atoms with Gasteiger partial charge >= 0.3 is 5.97 Å². The van der Waals surface area contributed by atoms with Crippen LogP contribution in [0.4, 0.5) is 0 Å². The molecule has 0 radical (unpaired) electrons. The normalized spacial score (nSPS) is 14.9. The maximum atomic E-state index is 10.3. The molecule has 0 aromatic rings. The zero-order chi connectivity index (χ0) is 8.27. The Labute approximate surface area is 62.5 Å². The van der Waals surface area contributed by atoms with Gasteiger partial charge in [0.25, 0.3) is 0 Å². The molecule has 0 fully saturated rings. The van der Waals surface area contributed by atoms with Crippen LogP contribution in [0, 0.1) is 0 Å². The summed E-state index contributed by atoms with van der Waals surface area (Å²) in [5.41, 5.74) is 0.346. The Bertz CT molecular complexity index is 295. The van der Waals surface area contributed by atoms with Crippen molar-refractivity contribution in [3.63, 3.8) is 0 Å². The fraction of sp³-hybridized carbons (Fsp3) is 0. The molecule has 0 saturated heterocycles. The Morgan fingerprint density at radius 2 is 2.27 bits per heavy atom. The molecule has 0 aromatic heterocycles. The summed E-state index contributed by atoms with van der Waals surface area (Å²) in [6.45, 7) is 0. The monoisotopic (exact) mass is 151 g/mol. The van der Waals surface area contributed by atoms with Crippen molar-refractivity contribution < 1.29 is 14.7 Å². The molecule has 1 aliphatic rings. The lowest BCUT2D eigenvalue weighted by atomic mass is 10.2. The molecular weight excluding hydrogens is 146 g/mol. The van der Waals surface area contributed by atoms with Crippen LogP contribution in [-0.2, 0) is 9.59 Å². The van der Waals surface area contributed by atoms with Crippen molar-refractivity contribution in [3.8, 4) is 0 Å². The highest BCUT2D eigenvalue weighted by molar-refractivity contribution is 5.90. The van der Waals surface area contributed by atoms with E-state index >= 15 is 0 Å². The number of carboxylic acid groups (broad SMARTS) is 1. The van der Waals surface area contributed by atoms with Gasteiger partial charge in [0.05, 0.1) is 5.57 Å². The highest BCUT2D eigenvalue weighted by atomic mass is 16.4. The molecule has 2 N–H and O–H groups in total. The van der Waals surface area contributed by atoms with Gasteiger partial charge in [0.15, 0.2) is 5.94 Å². The molecule has 0 aliphatic carbocycles. The molecule has 0 spiro atoms. The number of rotatable bonds is 1. The molecular formula is C7H5NO3. The standard InChI is InChI=1S/C7H5NO3/c9-4-6-2-1-5(3-8-6)7(10)11/h1-3,8H,(H,10,11). The number of aliphatic carboxylic acids is 1. The van der Waals surface area contributed by atoms with Crippen LogP contribution >= 0.6 is 0 Å².